The van der Waals surface area contributed by atoms with Gasteiger partial charge in [0, 0.05) is 13.7 Å². The van der Waals surface area contributed by atoms with E-state index in [-0.39, 0.29) is 6.10 Å². The molecule has 18 heavy (non-hydrogen) atoms. The molecule has 0 saturated heterocycles. The van der Waals surface area contributed by atoms with Crippen molar-refractivity contribution in [3.63, 3.8) is 0 Å². The van der Waals surface area contributed by atoms with Crippen LogP contribution in [0.2, 0.25) is 0 Å². The van der Waals surface area contributed by atoms with Crippen molar-refractivity contribution >= 4 is 5.82 Å². The molecule has 5 heteroatoms. The third-order valence-corrected chi connectivity index (χ3v) is 2.47. The van der Waals surface area contributed by atoms with Crippen molar-refractivity contribution in [2.45, 2.75) is 40.2 Å². The number of ether oxygens (including phenoxy) is 2. The Labute approximate surface area is 109 Å². The van der Waals surface area contributed by atoms with Gasteiger partial charge in [-0.2, -0.15) is 4.98 Å². The normalized spacial score (nSPS) is 12.3. The molecular formula is C13H23N3O2. The molecule has 1 aromatic heterocycles. The zero-order chi connectivity index (χ0) is 13.5. The van der Waals surface area contributed by atoms with E-state index in [0.29, 0.717) is 18.3 Å². The summed E-state index contributed by atoms with van der Waals surface area (Å²) >= 11 is 0. The highest BCUT2D eigenvalue weighted by molar-refractivity contribution is 5.48. The summed E-state index contributed by atoms with van der Waals surface area (Å²) in [5.41, 5.74) is 0.942. The highest BCUT2D eigenvalue weighted by Crippen LogP contribution is 2.22. The average Bonchev–Trinajstić information content (AvgIpc) is 2.31. The fraction of sp³-hybridized carbons (Fsp3) is 0.692. The molecule has 0 saturated carbocycles. The molecule has 102 valence electrons. The van der Waals surface area contributed by atoms with Crippen LogP contribution in [-0.2, 0) is 4.74 Å². The molecule has 0 aliphatic heterocycles. The van der Waals surface area contributed by atoms with E-state index in [0.717, 1.165) is 24.3 Å². The first kappa shape index (κ1) is 14.7. The number of nitrogens with zero attached hydrogens (tertiary/aromatic N) is 2. The topological polar surface area (TPSA) is 56.3 Å². The Morgan fingerprint density at radius 2 is 2.00 bits per heavy atom. The molecule has 1 rings (SSSR count). The van der Waals surface area contributed by atoms with Crippen LogP contribution in [0.15, 0.2) is 0 Å². The predicted molar refractivity (Wildman–Crippen MR) is 72.3 cm³/mol. The van der Waals surface area contributed by atoms with Gasteiger partial charge in [-0.15, -0.1) is 0 Å². The van der Waals surface area contributed by atoms with Gasteiger partial charge >= 0.3 is 0 Å². The first-order valence-electron chi connectivity index (χ1n) is 6.33. The molecule has 0 fully saturated rings. The van der Waals surface area contributed by atoms with Gasteiger partial charge in [-0.05, 0) is 27.2 Å². The molecule has 0 spiro atoms. The van der Waals surface area contributed by atoms with Crippen LogP contribution in [0, 0.1) is 13.8 Å². The summed E-state index contributed by atoms with van der Waals surface area (Å²) in [5, 5.41) is 3.29. The van der Waals surface area contributed by atoms with Gasteiger partial charge in [0.25, 0.3) is 0 Å². The summed E-state index contributed by atoms with van der Waals surface area (Å²) in [6.07, 6.45) is 1.03. The number of hydrogen-bond donors (Lipinski definition) is 1. The molecule has 0 radical (unpaired) electrons. The van der Waals surface area contributed by atoms with Gasteiger partial charge in [0.1, 0.15) is 17.7 Å². The number of methoxy groups -OCH3 is 1. The SMILES string of the molecule is CCCNc1nc(C)nc(OC(C)COC)c1C. The minimum absolute atomic E-state index is 0.0259. The van der Waals surface area contributed by atoms with Crippen LogP contribution in [-0.4, -0.2) is 36.3 Å². The highest BCUT2D eigenvalue weighted by atomic mass is 16.5. The maximum atomic E-state index is 5.77. The Kier molecular flexibility index (Phi) is 5.85. The molecule has 1 atom stereocenters. The molecule has 1 unspecified atom stereocenters. The van der Waals surface area contributed by atoms with Crippen molar-refractivity contribution in [3.05, 3.63) is 11.4 Å². The van der Waals surface area contributed by atoms with Gasteiger partial charge in [0.2, 0.25) is 5.88 Å². The van der Waals surface area contributed by atoms with E-state index < -0.39 is 0 Å². The molecule has 0 aromatic carbocycles. The fourth-order valence-electron chi connectivity index (χ4n) is 1.59. The van der Waals surface area contributed by atoms with Crippen LogP contribution < -0.4 is 10.1 Å². The molecule has 1 aromatic rings. The third-order valence-electron chi connectivity index (χ3n) is 2.47. The minimum Gasteiger partial charge on any atom is -0.472 e. The number of nitrogens with one attached hydrogen (secondary N) is 1. The summed E-state index contributed by atoms with van der Waals surface area (Å²) in [5.74, 6) is 2.19. The van der Waals surface area contributed by atoms with Crippen molar-refractivity contribution < 1.29 is 9.47 Å². The van der Waals surface area contributed by atoms with Crippen LogP contribution in [0.4, 0.5) is 5.82 Å². The first-order valence-corrected chi connectivity index (χ1v) is 6.33. The van der Waals surface area contributed by atoms with Gasteiger partial charge in [-0.1, -0.05) is 6.92 Å². The maximum absolute atomic E-state index is 5.77. The molecule has 0 amide bonds. The summed E-state index contributed by atoms with van der Waals surface area (Å²) in [6.45, 7) is 9.34. The zero-order valence-electron chi connectivity index (χ0n) is 11.9. The second-order valence-corrected chi connectivity index (χ2v) is 4.36. The molecular weight excluding hydrogens is 230 g/mol. The fourth-order valence-corrected chi connectivity index (χ4v) is 1.59. The Balaban J connectivity index is 2.86. The van der Waals surface area contributed by atoms with Crippen LogP contribution >= 0.6 is 0 Å². The quantitative estimate of drug-likeness (QED) is 0.808. The number of anilines is 1. The lowest BCUT2D eigenvalue weighted by Gasteiger charge is -2.17. The largest absolute Gasteiger partial charge is 0.472 e. The lowest BCUT2D eigenvalue weighted by molar-refractivity contribution is 0.0883. The minimum atomic E-state index is -0.0259. The van der Waals surface area contributed by atoms with E-state index in [2.05, 4.69) is 22.2 Å². The summed E-state index contributed by atoms with van der Waals surface area (Å²) < 4.78 is 10.8. The summed E-state index contributed by atoms with van der Waals surface area (Å²) in [4.78, 5) is 8.73. The van der Waals surface area contributed by atoms with Crippen LogP contribution in [0.25, 0.3) is 0 Å². The van der Waals surface area contributed by atoms with Crippen LogP contribution in [0.5, 0.6) is 5.88 Å². The van der Waals surface area contributed by atoms with Gasteiger partial charge < -0.3 is 14.8 Å². The zero-order valence-corrected chi connectivity index (χ0v) is 11.9. The smallest absolute Gasteiger partial charge is 0.222 e. The van der Waals surface area contributed by atoms with E-state index in [1.807, 2.05) is 20.8 Å². The van der Waals surface area contributed by atoms with E-state index in [9.17, 15) is 0 Å². The molecule has 0 bridgehead atoms. The third kappa shape index (κ3) is 4.14. The standard InChI is InChI=1S/C13H23N3O2/c1-6-7-14-12-10(3)13(16-11(4)15-12)18-9(2)8-17-5/h9H,6-8H2,1-5H3,(H,14,15,16). The van der Waals surface area contributed by atoms with Crippen LogP contribution in [0.1, 0.15) is 31.7 Å². The predicted octanol–water partition coefficient (Wildman–Crippen LogP) is 2.33. The van der Waals surface area contributed by atoms with E-state index in [1.54, 1.807) is 7.11 Å². The summed E-state index contributed by atoms with van der Waals surface area (Å²) in [6, 6.07) is 0. The van der Waals surface area contributed by atoms with E-state index in [1.165, 1.54) is 0 Å². The number of hydrogen-bond acceptors (Lipinski definition) is 5. The second kappa shape index (κ2) is 7.16. The van der Waals surface area contributed by atoms with Crippen molar-refractivity contribution in [1.29, 1.82) is 0 Å². The van der Waals surface area contributed by atoms with Crippen LogP contribution in [0.3, 0.4) is 0 Å². The average molecular weight is 253 g/mol. The molecule has 0 aliphatic rings. The Morgan fingerprint density at radius 3 is 2.61 bits per heavy atom. The lowest BCUT2D eigenvalue weighted by atomic mass is 10.3. The van der Waals surface area contributed by atoms with Gasteiger partial charge in [-0.25, -0.2) is 4.98 Å². The van der Waals surface area contributed by atoms with Crippen molar-refractivity contribution in [2.75, 3.05) is 25.6 Å². The number of aromatic nitrogens is 2. The van der Waals surface area contributed by atoms with Gasteiger partial charge in [-0.3, -0.25) is 0 Å². The highest BCUT2D eigenvalue weighted by Gasteiger charge is 2.12. The summed E-state index contributed by atoms with van der Waals surface area (Å²) in [7, 11) is 1.66. The maximum Gasteiger partial charge on any atom is 0.222 e. The Morgan fingerprint density at radius 1 is 1.28 bits per heavy atom. The molecule has 1 heterocycles. The monoisotopic (exact) mass is 253 g/mol. The number of rotatable bonds is 7. The van der Waals surface area contributed by atoms with Gasteiger partial charge in [0.15, 0.2) is 0 Å². The van der Waals surface area contributed by atoms with Crippen molar-refractivity contribution in [1.82, 2.24) is 9.97 Å². The first-order chi connectivity index (χ1) is 8.58. The van der Waals surface area contributed by atoms with Crippen molar-refractivity contribution in [2.24, 2.45) is 0 Å². The van der Waals surface area contributed by atoms with E-state index in [4.69, 9.17) is 9.47 Å². The molecule has 1 N–H and O–H groups in total. The Bertz CT molecular complexity index is 383. The molecule has 5 nitrogen and oxygen atoms in total. The van der Waals surface area contributed by atoms with E-state index >= 15 is 0 Å². The van der Waals surface area contributed by atoms with Gasteiger partial charge in [0.05, 0.1) is 12.2 Å². The lowest BCUT2D eigenvalue weighted by Crippen LogP contribution is -2.20. The Hall–Kier alpha value is -1.36. The van der Waals surface area contributed by atoms with Crippen molar-refractivity contribution in [3.8, 4) is 5.88 Å². The molecule has 0 aliphatic carbocycles. The number of aryl methyl sites for hydroxylation is 1. The second-order valence-electron chi connectivity index (χ2n) is 4.36.